The van der Waals surface area contributed by atoms with Gasteiger partial charge in [-0.2, -0.15) is 0 Å². The number of hydrogen-bond acceptors (Lipinski definition) is 5. The third kappa shape index (κ3) is 4.40. The van der Waals surface area contributed by atoms with Crippen LogP contribution in [0, 0.1) is 11.7 Å². The molecule has 1 N–H and O–H groups in total. The molecular formula is C28H28FN3O5. The van der Waals surface area contributed by atoms with Gasteiger partial charge in [0.05, 0.1) is 20.1 Å². The molecule has 0 fully saturated rings. The molecular weight excluding hydrogens is 477 g/mol. The van der Waals surface area contributed by atoms with E-state index in [0.29, 0.717) is 26.1 Å². The number of rotatable bonds is 7. The minimum atomic E-state index is -1.37. The molecule has 1 aliphatic carbocycles. The summed E-state index contributed by atoms with van der Waals surface area (Å²) in [5.74, 6) is -2.55. The molecule has 2 aliphatic rings. The number of halogens is 1. The summed E-state index contributed by atoms with van der Waals surface area (Å²) in [5.41, 5.74) is 2.47. The predicted molar refractivity (Wildman–Crippen MR) is 134 cm³/mol. The van der Waals surface area contributed by atoms with E-state index in [2.05, 4.69) is 9.55 Å². The molecule has 5 rings (SSSR count). The van der Waals surface area contributed by atoms with E-state index in [-0.39, 0.29) is 23.9 Å². The Hall–Kier alpha value is -3.98. The lowest BCUT2D eigenvalue weighted by Gasteiger charge is -2.38. The van der Waals surface area contributed by atoms with Gasteiger partial charge in [-0.05, 0) is 47.9 Å². The van der Waals surface area contributed by atoms with Gasteiger partial charge in [-0.15, -0.1) is 0 Å². The number of carbonyl (C=O) groups excluding carboxylic acids is 1. The smallest absolute Gasteiger partial charge is 0.317 e. The maximum absolute atomic E-state index is 13.6. The summed E-state index contributed by atoms with van der Waals surface area (Å²) >= 11 is 0. The van der Waals surface area contributed by atoms with Crippen LogP contribution < -0.4 is 0 Å². The highest BCUT2D eigenvalue weighted by Crippen LogP contribution is 2.38. The third-order valence-electron chi connectivity index (χ3n) is 7.32. The number of pyridine rings is 1. The average Bonchev–Trinajstić information content (AvgIpc) is 3.22. The Bertz CT molecular complexity index is 1410. The van der Waals surface area contributed by atoms with Crippen LogP contribution in [0.25, 0.3) is 11.0 Å². The molecule has 2 unspecified atom stereocenters. The number of nitrogens with zero attached hydrogens (tertiary/aromatic N) is 3. The molecule has 0 saturated heterocycles. The quantitative estimate of drug-likeness (QED) is 0.527. The zero-order valence-corrected chi connectivity index (χ0v) is 20.7. The number of fused-ring (bicyclic) bond motifs is 3. The second-order valence-corrected chi connectivity index (χ2v) is 9.32. The second-order valence-electron chi connectivity index (χ2n) is 9.32. The van der Waals surface area contributed by atoms with Gasteiger partial charge in [0.2, 0.25) is 5.91 Å². The van der Waals surface area contributed by atoms with E-state index in [0.717, 1.165) is 27.9 Å². The Kier molecular flexibility index (Phi) is 6.55. The standard InChI is InChI=1S/C28H28FN3O5/c1-36-23-6-3-12-28(37-2,25(23)27(34)35)15-24(33)31-14-11-20-21-5-4-13-30-26(21)32(22(20)17-31)16-18-7-9-19(29)10-8-18/h3-10,12-13,25H,11,14-17H2,1-2H3,(H,34,35). The number of carboxylic acids is 1. The topological polar surface area (TPSA) is 93.9 Å². The van der Waals surface area contributed by atoms with Crippen molar-refractivity contribution in [3.05, 3.63) is 89.2 Å². The van der Waals surface area contributed by atoms with E-state index < -0.39 is 17.5 Å². The summed E-state index contributed by atoms with van der Waals surface area (Å²) in [6.45, 7) is 1.32. The van der Waals surface area contributed by atoms with Crippen LogP contribution in [0.3, 0.4) is 0 Å². The summed E-state index contributed by atoms with van der Waals surface area (Å²) in [5, 5.41) is 11.0. The molecule has 0 bridgehead atoms. The lowest BCUT2D eigenvalue weighted by Crippen LogP contribution is -2.49. The van der Waals surface area contributed by atoms with Gasteiger partial charge in [0, 0.05) is 37.5 Å². The van der Waals surface area contributed by atoms with Crippen molar-refractivity contribution in [2.45, 2.75) is 31.5 Å². The first-order chi connectivity index (χ1) is 17.9. The van der Waals surface area contributed by atoms with E-state index in [1.807, 2.05) is 12.1 Å². The normalized spacial score (nSPS) is 21.0. The summed E-state index contributed by atoms with van der Waals surface area (Å²) < 4.78 is 26.6. The fourth-order valence-corrected chi connectivity index (χ4v) is 5.44. The molecule has 8 nitrogen and oxygen atoms in total. The van der Waals surface area contributed by atoms with Gasteiger partial charge in [-0.25, -0.2) is 9.37 Å². The van der Waals surface area contributed by atoms with Gasteiger partial charge >= 0.3 is 5.97 Å². The molecule has 0 saturated carbocycles. The van der Waals surface area contributed by atoms with Crippen LogP contribution in [0.15, 0.2) is 66.6 Å². The first-order valence-corrected chi connectivity index (χ1v) is 12.1. The van der Waals surface area contributed by atoms with E-state index >= 15 is 0 Å². The van der Waals surface area contributed by atoms with Crippen molar-refractivity contribution in [1.82, 2.24) is 14.5 Å². The number of aliphatic carboxylic acids is 1. The first kappa shape index (κ1) is 24.7. The minimum absolute atomic E-state index is 0.149. The van der Waals surface area contributed by atoms with E-state index in [4.69, 9.17) is 9.47 Å². The molecule has 2 atom stereocenters. The molecule has 0 spiro atoms. The van der Waals surface area contributed by atoms with E-state index in [1.54, 1.807) is 41.5 Å². The van der Waals surface area contributed by atoms with Gasteiger partial charge in [-0.3, -0.25) is 9.59 Å². The van der Waals surface area contributed by atoms with Crippen LogP contribution in [0.4, 0.5) is 4.39 Å². The van der Waals surface area contributed by atoms with Crippen molar-refractivity contribution >= 4 is 22.9 Å². The number of benzene rings is 1. The number of amides is 1. The summed E-state index contributed by atoms with van der Waals surface area (Å²) in [6, 6.07) is 10.3. The zero-order chi connectivity index (χ0) is 26.2. The Balaban J connectivity index is 1.45. The maximum Gasteiger partial charge on any atom is 0.317 e. The van der Waals surface area contributed by atoms with Gasteiger partial charge in [0.15, 0.2) is 0 Å². The fraction of sp³-hybridized carbons (Fsp3) is 0.321. The molecule has 192 valence electrons. The number of aromatic nitrogens is 2. The van der Waals surface area contributed by atoms with Gasteiger partial charge < -0.3 is 24.0 Å². The van der Waals surface area contributed by atoms with Crippen LogP contribution in [0.1, 0.15) is 23.2 Å². The molecule has 1 aliphatic heterocycles. The number of allylic oxidation sites excluding steroid dienone is 2. The van der Waals surface area contributed by atoms with Crippen LogP contribution in [0.5, 0.6) is 0 Å². The van der Waals surface area contributed by atoms with Crippen molar-refractivity contribution in [2.75, 3.05) is 20.8 Å². The van der Waals surface area contributed by atoms with Crippen molar-refractivity contribution in [1.29, 1.82) is 0 Å². The highest BCUT2D eigenvalue weighted by Gasteiger charge is 2.48. The lowest BCUT2D eigenvalue weighted by molar-refractivity contribution is -0.154. The highest BCUT2D eigenvalue weighted by atomic mass is 19.1. The molecule has 3 aromatic rings. The van der Waals surface area contributed by atoms with E-state index in [1.165, 1.54) is 26.4 Å². The molecule has 0 radical (unpaired) electrons. The summed E-state index contributed by atoms with van der Waals surface area (Å²) in [7, 11) is 2.82. The maximum atomic E-state index is 13.6. The van der Waals surface area contributed by atoms with E-state index in [9.17, 15) is 19.1 Å². The van der Waals surface area contributed by atoms with Crippen molar-refractivity contribution < 1.29 is 28.6 Å². The van der Waals surface area contributed by atoms with Crippen LogP contribution in [-0.4, -0.2) is 57.8 Å². The Morgan fingerprint density at radius 3 is 2.70 bits per heavy atom. The molecule has 2 aromatic heterocycles. The monoisotopic (exact) mass is 505 g/mol. The van der Waals surface area contributed by atoms with Gasteiger partial charge in [-0.1, -0.05) is 24.3 Å². The molecule has 1 amide bonds. The number of ether oxygens (including phenoxy) is 2. The van der Waals surface area contributed by atoms with Gasteiger partial charge in [0.1, 0.15) is 28.7 Å². The van der Waals surface area contributed by atoms with Crippen LogP contribution >= 0.6 is 0 Å². The number of hydrogen-bond donors (Lipinski definition) is 1. The number of methoxy groups -OCH3 is 2. The highest BCUT2D eigenvalue weighted by molar-refractivity contribution is 5.85. The predicted octanol–water partition coefficient (Wildman–Crippen LogP) is 3.68. The zero-order valence-electron chi connectivity index (χ0n) is 20.7. The summed E-state index contributed by atoms with van der Waals surface area (Å²) in [4.78, 5) is 32.1. The molecule has 9 heteroatoms. The van der Waals surface area contributed by atoms with Crippen LogP contribution in [0.2, 0.25) is 0 Å². The summed E-state index contributed by atoms with van der Waals surface area (Å²) in [6.07, 6.45) is 7.09. The SMILES string of the molecule is COC1=CC=CC(CC(=O)N2CCc3c(n(Cc4ccc(F)cc4)c4ncccc34)C2)(OC)C1C(=O)O. The first-order valence-electron chi connectivity index (χ1n) is 12.1. The fourth-order valence-electron chi connectivity index (χ4n) is 5.44. The molecule has 3 heterocycles. The Morgan fingerprint density at radius 2 is 2.00 bits per heavy atom. The second kappa shape index (κ2) is 9.82. The largest absolute Gasteiger partial charge is 0.500 e. The van der Waals surface area contributed by atoms with Crippen molar-refractivity contribution in [3.8, 4) is 0 Å². The van der Waals surface area contributed by atoms with Crippen molar-refractivity contribution in [2.24, 2.45) is 5.92 Å². The minimum Gasteiger partial charge on any atom is -0.500 e. The Labute approximate surface area is 213 Å². The van der Waals surface area contributed by atoms with Gasteiger partial charge in [0.25, 0.3) is 0 Å². The number of carbonyl (C=O) groups is 2. The Morgan fingerprint density at radius 1 is 1.22 bits per heavy atom. The number of carboxylic acid groups (broad SMARTS) is 1. The van der Waals surface area contributed by atoms with Crippen LogP contribution in [-0.2, 0) is 38.6 Å². The average molecular weight is 506 g/mol. The lowest BCUT2D eigenvalue weighted by atomic mass is 9.79. The molecule has 1 aromatic carbocycles. The molecule has 37 heavy (non-hydrogen) atoms. The third-order valence-corrected chi connectivity index (χ3v) is 7.32. The van der Waals surface area contributed by atoms with Crippen molar-refractivity contribution in [3.63, 3.8) is 0 Å².